The molecule has 3 aliphatic rings. The Bertz CT molecular complexity index is 261. The highest BCUT2D eigenvalue weighted by atomic mass is 14.6. The molecule has 3 aliphatic carbocycles. The molecule has 3 rings (SSSR count). The summed E-state index contributed by atoms with van der Waals surface area (Å²) in [6, 6.07) is 2.42. The van der Waals surface area contributed by atoms with Crippen LogP contribution in [0.25, 0.3) is 0 Å². The molecule has 0 heterocycles. The lowest BCUT2D eigenvalue weighted by molar-refractivity contribution is 0.103. The lowest BCUT2D eigenvalue weighted by Gasteiger charge is -2.42. The van der Waals surface area contributed by atoms with Gasteiger partial charge in [0.1, 0.15) is 0 Å². The van der Waals surface area contributed by atoms with Gasteiger partial charge in [-0.05, 0) is 36.5 Å². The molecule has 0 saturated heterocycles. The molecule has 1 unspecified atom stereocenters. The van der Waals surface area contributed by atoms with E-state index < -0.39 is 0 Å². The molecule has 0 aliphatic heterocycles. The van der Waals surface area contributed by atoms with Gasteiger partial charge in [0.05, 0.1) is 12.0 Å². The third kappa shape index (κ3) is 0.528. The standard InChI is InChI=1S/C10H11N/c11-5-8-4-9-6-1-2-7(3-6)10(8)9/h1-2,6-10H,3-4H2/t6-,7+,8?,9+,10-/m1/s1. The van der Waals surface area contributed by atoms with Crippen molar-refractivity contribution in [2.75, 3.05) is 0 Å². The van der Waals surface area contributed by atoms with Gasteiger partial charge in [0.15, 0.2) is 0 Å². The molecule has 0 aromatic rings. The van der Waals surface area contributed by atoms with Crippen molar-refractivity contribution in [1.29, 1.82) is 5.26 Å². The monoisotopic (exact) mass is 145 g/mol. The van der Waals surface area contributed by atoms with E-state index in [0.29, 0.717) is 5.92 Å². The molecule has 2 saturated carbocycles. The minimum Gasteiger partial charge on any atom is -0.198 e. The Kier molecular flexibility index (Phi) is 0.896. The lowest BCUT2D eigenvalue weighted by atomic mass is 9.61. The average molecular weight is 145 g/mol. The van der Waals surface area contributed by atoms with Gasteiger partial charge in [-0.25, -0.2) is 0 Å². The second-order valence-electron chi connectivity index (χ2n) is 4.16. The van der Waals surface area contributed by atoms with E-state index in [1.54, 1.807) is 0 Å². The average Bonchev–Trinajstić information content (AvgIpc) is 2.43. The zero-order chi connectivity index (χ0) is 7.42. The van der Waals surface area contributed by atoms with Crippen LogP contribution < -0.4 is 0 Å². The summed E-state index contributed by atoms with van der Waals surface area (Å²) in [4.78, 5) is 0. The molecule has 0 spiro atoms. The second kappa shape index (κ2) is 1.69. The van der Waals surface area contributed by atoms with Crippen LogP contribution in [0.15, 0.2) is 12.2 Å². The van der Waals surface area contributed by atoms with Gasteiger partial charge in [0.2, 0.25) is 0 Å². The van der Waals surface area contributed by atoms with E-state index in [1.165, 1.54) is 12.8 Å². The summed E-state index contributed by atoms with van der Waals surface area (Å²) in [5, 5.41) is 8.79. The fraction of sp³-hybridized carbons (Fsp3) is 0.700. The van der Waals surface area contributed by atoms with E-state index >= 15 is 0 Å². The fourth-order valence-electron chi connectivity index (χ4n) is 3.28. The highest BCUT2D eigenvalue weighted by Crippen LogP contribution is 2.60. The predicted molar refractivity (Wildman–Crippen MR) is 41.4 cm³/mol. The van der Waals surface area contributed by atoms with Gasteiger partial charge in [-0.1, -0.05) is 12.2 Å². The van der Waals surface area contributed by atoms with Crippen LogP contribution in [0.1, 0.15) is 12.8 Å². The predicted octanol–water partition coefficient (Wildman–Crippen LogP) is 1.97. The van der Waals surface area contributed by atoms with E-state index in [4.69, 9.17) is 5.26 Å². The summed E-state index contributed by atoms with van der Waals surface area (Å²) < 4.78 is 0. The molecule has 5 atom stereocenters. The molecule has 1 nitrogen and oxygen atoms in total. The highest BCUT2D eigenvalue weighted by Gasteiger charge is 2.55. The molecule has 2 fully saturated rings. The van der Waals surface area contributed by atoms with Gasteiger partial charge in [-0.2, -0.15) is 5.26 Å². The Morgan fingerprint density at radius 1 is 1.18 bits per heavy atom. The summed E-state index contributed by atoms with van der Waals surface area (Å²) >= 11 is 0. The number of allylic oxidation sites excluding steroid dienone is 2. The number of fused-ring (bicyclic) bond motifs is 5. The summed E-state index contributed by atoms with van der Waals surface area (Å²) in [6.45, 7) is 0. The van der Waals surface area contributed by atoms with Crippen LogP contribution in [0.5, 0.6) is 0 Å². The van der Waals surface area contributed by atoms with Crippen LogP contribution in [0.3, 0.4) is 0 Å². The van der Waals surface area contributed by atoms with Gasteiger partial charge in [0.25, 0.3) is 0 Å². The molecular formula is C10H11N. The third-order valence-electron chi connectivity index (χ3n) is 3.85. The Balaban J connectivity index is 1.92. The first-order valence-electron chi connectivity index (χ1n) is 4.48. The van der Waals surface area contributed by atoms with E-state index in [9.17, 15) is 0 Å². The van der Waals surface area contributed by atoms with E-state index in [0.717, 1.165) is 23.7 Å². The first-order valence-corrected chi connectivity index (χ1v) is 4.48. The third-order valence-corrected chi connectivity index (χ3v) is 3.85. The van der Waals surface area contributed by atoms with Crippen molar-refractivity contribution in [1.82, 2.24) is 0 Å². The smallest absolute Gasteiger partial charge is 0.0659 e. The van der Waals surface area contributed by atoms with Crippen molar-refractivity contribution in [2.24, 2.45) is 29.6 Å². The van der Waals surface area contributed by atoms with Crippen molar-refractivity contribution < 1.29 is 0 Å². The first-order chi connectivity index (χ1) is 5.40. The molecule has 0 aromatic carbocycles. The van der Waals surface area contributed by atoms with Crippen LogP contribution >= 0.6 is 0 Å². The number of hydrogen-bond acceptors (Lipinski definition) is 1. The van der Waals surface area contributed by atoms with Gasteiger partial charge < -0.3 is 0 Å². The van der Waals surface area contributed by atoms with Gasteiger partial charge >= 0.3 is 0 Å². The molecule has 56 valence electrons. The van der Waals surface area contributed by atoms with E-state index in [1.807, 2.05) is 0 Å². The highest BCUT2D eigenvalue weighted by molar-refractivity contribution is 5.21. The van der Waals surface area contributed by atoms with Crippen LogP contribution in [0, 0.1) is 40.9 Å². The quantitative estimate of drug-likeness (QED) is 0.478. The van der Waals surface area contributed by atoms with Crippen LogP contribution in [-0.4, -0.2) is 0 Å². The summed E-state index contributed by atoms with van der Waals surface area (Å²) in [6.07, 6.45) is 7.26. The second-order valence-corrected chi connectivity index (χ2v) is 4.16. The maximum Gasteiger partial charge on any atom is 0.0659 e. The van der Waals surface area contributed by atoms with Gasteiger partial charge in [-0.15, -0.1) is 0 Å². The molecule has 0 radical (unpaired) electrons. The normalized spacial score (nSPS) is 56.8. The van der Waals surface area contributed by atoms with Crippen LogP contribution in [-0.2, 0) is 0 Å². The molecule has 2 bridgehead atoms. The van der Waals surface area contributed by atoms with E-state index in [2.05, 4.69) is 18.2 Å². The first kappa shape index (κ1) is 5.83. The Labute approximate surface area is 66.7 Å². The molecule has 0 aromatic heterocycles. The molecule has 1 heteroatoms. The molecule has 0 amide bonds. The SMILES string of the molecule is N#CC1C[C@@H]2[C@@H]1[C@H]1C=C[C@@H]2C1. The van der Waals surface area contributed by atoms with Crippen molar-refractivity contribution >= 4 is 0 Å². The summed E-state index contributed by atoms with van der Waals surface area (Å²) in [5.74, 6) is 3.70. The summed E-state index contributed by atoms with van der Waals surface area (Å²) in [7, 11) is 0. The minimum absolute atomic E-state index is 0.403. The van der Waals surface area contributed by atoms with Crippen molar-refractivity contribution in [2.45, 2.75) is 12.8 Å². The number of rotatable bonds is 0. The van der Waals surface area contributed by atoms with E-state index in [-0.39, 0.29) is 0 Å². The molecule has 11 heavy (non-hydrogen) atoms. The number of nitrogens with zero attached hydrogens (tertiary/aromatic N) is 1. The Morgan fingerprint density at radius 3 is 2.73 bits per heavy atom. The Hall–Kier alpha value is -0.770. The van der Waals surface area contributed by atoms with Crippen LogP contribution in [0.4, 0.5) is 0 Å². The Morgan fingerprint density at radius 2 is 2.00 bits per heavy atom. The summed E-state index contributed by atoms with van der Waals surface area (Å²) in [5.41, 5.74) is 0. The largest absolute Gasteiger partial charge is 0.198 e. The van der Waals surface area contributed by atoms with Crippen LogP contribution in [0.2, 0.25) is 0 Å². The number of nitriles is 1. The maximum atomic E-state index is 8.79. The molecular weight excluding hydrogens is 134 g/mol. The molecule has 0 N–H and O–H groups in total. The van der Waals surface area contributed by atoms with Gasteiger partial charge in [-0.3, -0.25) is 0 Å². The number of hydrogen-bond donors (Lipinski definition) is 0. The van der Waals surface area contributed by atoms with Gasteiger partial charge in [0, 0.05) is 0 Å². The minimum atomic E-state index is 0.403. The van der Waals surface area contributed by atoms with Crippen molar-refractivity contribution in [3.8, 4) is 6.07 Å². The van der Waals surface area contributed by atoms with Crippen molar-refractivity contribution in [3.05, 3.63) is 12.2 Å². The maximum absolute atomic E-state index is 8.79. The van der Waals surface area contributed by atoms with Crippen molar-refractivity contribution in [3.63, 3.8) is 0 Å². The fourth-order valence-corrected chi connectivity index (χ4v) is 3.28. The zero-order valence-electron chi connectivity index (χ0n) is 6.40. The topological polar surface area (TPSA) is 23.8 Å². The lowest BCUT2D eigenvalue weighted by Crippen LogP contribution is -2.38. The zero-order valence-corrected chi connectivity index (χ0v) is 6.40.